The van der Waals surface area contributed by atoms with Gasteiger partial charge in [-0.05, 0) is 32.9 Å². The SMILES string of the molecule is CC[C@H](C)[C@H](N)C(=O)N1CCC(N(C)C)CC1. The first-order chi connectivity index (χ1) is 7.97. The topological polar surface area (TPSA) is 49.6 Å². The number of rotatable bonds is 4. The number of likely N-dealkylation sites (tertiary alicyclic amines) is 1. The van der Waals surface area contributed by atoms with Crippen LogP contribution in [0.2, 0.25) is 0 Å². The van der Waals surface area contributed by atoms with Crippen molar-refractivity contribution in [3.05, 3.63) is 0 Å². The lowest BCUT2D eigenvalue weighted by molar-refractivity contribution is -0.135. The van der Waals surface area contributed by atoms with Crippen LogP contribution in [0.15, 0.2) is 0 Å². The van der Waals surface area contributed by atoms with Crippen molar-refractivity contribution in [2.45, 2.75) is 45.2 Å². The summed E-state index contributed by atoms with van der Waals surface area (Å²) < 4.78 is 0. The number of hydrogen-bond donors (Lipinski definition) is 1. The molecule has 0 aromatic heterocycles. The molecular formula is C13H27N3O. The monoisotopic (exact) mass is 241 g/mol. The summed E-state index contributed by atoms with van der Waals surface area (Å²) in [5.74, 6) is 0.408. The van der Waals surface area contributed by atoms with Crippen molar-refractivity contribution in [1.82, 2.24) is 9.80 Å². The van der Waals surface area contributed by atoms with Gasteiger partial charge in [0.25, 0.3) is 0 Å². The molecule has 100 valence electrons. The summed E-state index contributed by atoms with van der Waals surface area (Å²) in [6.07, 6.45) is 3.08. The predicted octanol–water partition coefficient (Wildman–Crippen LogP) is 0.912. The molecule has 1 amide bonds. The third-order valence-corrected chi connectivity index (χ3v) is 4.05. The Balaban J connectivity index is 2.46. The summed E-state index contributed by atoms with van der Waals surface area (Å²) >= 11 is 0. The van der Waals surface area contributed by atoms with Gasteiger partial charge < -0.3 is 15.5 Å². The van der Waals surface area contributed by atoms with Gasteiger partial charge in [-0.2, -0.15) is 0 Å². The van der Waals surface area contributed by atoms with Crippen LogP contribution in [0.3, 0.4) is 0 Å². The molecule has 4 nitrogen and oxygen atoms in total. The Morgan fingerprint density at radius 1 is 1.41 bits per heavy atom. The van der Waals surface area contributed by atoms with Gasteiger partial charge >= 0.3 is 0 Å². The maximum atomic E-state index is 12.2. The van der Waals surface area contributed by atoms with Crippen molar-refractivity contribution in [1.29, 1.82) is 0 Å². The van der Waals surface area contributed by atoms with Crippen LogP contribution in [-0.2, 0) is 4.79 Å². The van der Waals surface area contributed by atoms with Gasteiger partial charge in [0.15, 0.2) is 0 Å². The fourth-order valence-corrected chi connectivity index (χ4v) is 2.31. The molecule has 17 heavy (non-hydrogen) atoms. The Labute approximate surface area is 105 Å². The fourth-order valence-electron chi connectivity index (χ4n) is 2.31. The van der Waals surface area contributed by atoms with Crippen molar-refractivity contribution in [2.75, 3.05) is 27.2 Å². The van der Waals surface area contributed by atoms with E-state index >= 15 is 0 Å². The van der Waals surface area contributed by atoms with E-state index in [1.807, 2.05) is 4.90 Å². The molecule has 4 heteroatoms. The van der Waals surface area contributed by atoms with Crippen LogP contribution in [0.25, 0.3) is 0 Å². The molecule has 0 spiro atoms. The minimum atomic E-state index is -0.323. The Kier molecular flexibility index (Phi) is 5.40. The summed E-state index contributed by atoms with van der Waals surface area (Å²) in [4.78, 5) is 16.4. The van der Waals surface area contributed by atoms with Gasteiger partial charge in [0.1, 0.15) is 0 Å². The standard InChI is InChI=1S/C13H27N3O/c1-5-10(2)12(14)13(17)16-8-6-11(7-9-16)15(3)4/h10-12H,5-9,14H2,1-4H3/t10-,12-/m0/s1. The van der Waals surface area contributed by atoms with E-state index in [0.717, 1.165) is 32.4 Å². The fraction of sp³-hybridized carbons (Fsp3) is 0.923. The second kappa shape index (κ2) is 6.36. The zero-order valence-corrected chi connectivity index (χ0v) is 11.6. The third kappa shape index (κ3) is 3.68. The van der Waals surface area contributed by atoms with E-state index in [1.165, 1.54) is 0 Å². The molecule has 2 N–H and O–H groups in total. The first kappa shape index (κ1) is 14.5. The van der Waals surface area contributed by atoms with Gasteiger partial charge in [-0.25, -0.2) is 0 Å². The van der Waals surface area contributed by atoms with Crippen LogP contribution < -0.4 is 5.73 Å². The zero-order valence-electron chi connectivity index (χ0n) is 11.6. The largest absolute Gasteiger partial charge is 0.341 e. The molecule has 1 fully saturated rings. The highest BCUT2D eigenvalue weighted by atomic mass is 16.2. The van der Waals surface area contributed by atoms with E-state index in [2.05, 4.69) is 32.8 Å². The van der Waals surface area contributed by atoms with E-state index in [1.54, 1.807) is 0 Å². The minimum Gasteiger partial charge on any atom is -0.341 e. The van der Waals surface area contributed by atoms with Crippen LogP contribution in [0.1, 0.15) is 33.1 Å². The van der Waals surface area contributed by atoms with Crippen LogP contribution in [-0.4, -0.2) is 55.0 Å². The second-order valence-corrected chi connectivity index (χ2v) is 5.43. The highest BCUT2D eigenvalue weighted by Crippen LogP contribution is 2.16. The summed E-state index contributed by atoms with van der Waals surface area (Å²) in [5, 5.41) is 0. The molecule has 0 unspecified atom stereocenters. The van der Waals surface area contributed by atoms with Crippen molar-refractivity contribution in [3.63, 3.8) is 0 Å². The second-order valence-electron chi connectivity index (χ2n) is 5.43. The summed E-state index contributed by atoms with van der Waals surface area (Å²) in [6.45, 7) is 5.84. The first-order valence-corrected chi connectivity index (χ1v) is 6.68. The molecule has 2 atom stereocenters. The molecule has 1 saturated heterocycles. The molecular weight excluding hydrogens is 214 g/mol. The maximum absolute atomic E-state index is 12.2. The molecule has 0 aliphatic carbocycles. The molecule has 0 aromatic rings. The number of amides is 1. The van der Waals surface area contributed by atoms with Crippen LogP contribution in [0, 0.1) is 5.92 Å². The van der Waals surface area contributed by atoms with Crippen molar-refractivity contribution >= 4 is 5.91 Å². The first-order valence-electron chi connectivity index (χ1n) is 6.68. The van der Waals surface area contributed by atoms with Crippen LogP contribution in [0.4, 0.5) is 0 Å². The van der Waals surface area contributed by atoms with E-state index in [0.29, 0.717) is 6.04 Å². The van der Waals surface area contributed by atoms with Gasteiger partial charge in [0.05, 0.1) is 6.04 Å². The van der Waals surface area contributed by atoms with Crippen molar-refractivity contribution in [2.24, 2.45) is 11.7 Å². The molecule has 1 aliphatic heterocycles. The Bertz CT molecular complexity index is 247. The molecule has 1 rings (SSSR count). The lowest BCUT2D eigenvalue weighted by Gasteiger charge is -2.37. The van der Waals surface area contributed by atoms with E-state index in [4.69, 9.17) is 5.73 Å². The smallest absolute Gasteiger partial charge is 0.239 e. The molecule has 0 aromatic carbocycles. The number of piperidine rings is 1. The molecule has 1 aliphatic rings. The lowest BCUT2D eigenvalue weighted by Crippen LogP contribution is -2.51. The normalized spacial score (nSPS) is 21.6. The summed E-state index contributed by atoms with van der Waals surface area (Å²) in [5.41, 5.74) is 5.99. The lowest BCUT2D eigenvalue weighted by atomic mass is 9.97. The van der Waals surface area contributed by atoms with Gasteiger partial charge in [-0.1, -0.05) is 20.3 Å². The molecule has 0 bridgehead atoms. The van der Waals surface area contributed by atoms with Gasteiger partial charge in [0.2, 0.25) is 5.91 Å². The predicted molar refractivity (Wildman–Crippen MR) is 70.7 cm³/mol. The van der Waals surface area contributed by atoms with Crippen molar-refractivity contribution in [3.8, 4) is 0 Å². The number of nitrogens with zero attached hydrogens (tertiary/aromatic N) is 2. The highest BCUT2D eigenvalue weighted by molar-refractivity contribution is 5.82. The molecule has 1 heterocycles. The van der Waals surface area contributed by atoms with E-state index in [9.17, 15) is 4.79 Å². The van der Waals surface area contributed by atoms with Gasteiger partial charge in [0, 0.05) is 19.1 Å². The average molecular weight is 241 g/mol. The highest BCUT2D eigenvalue weighted by Gasteiger charge is 2.28. The zero-order chi connectivity index (χ0) is 13.0. The van der Waals surface area contributed by atoms with Gasteiger partial charge in [-0.3, -0.25) is 4.79 Å². The molecule has 0 saturated carbocycles. The van der Waals surface area contributed by atoms with Crippen LogP contribution >= 0.6 is 0 Å². The van der Waals surface area contributed by atoms with E-state index in [-0.39, 0.29) is 17.9 Å². The maximum Gasteiger partial charge on any atom is 0.239 e. The number of nitrogens with two attached hydrogens (primary N) is 1. The Morgan fingerprint density at radius 2 is 1.94 bits per heavy atom. The summed E-state index contributed by atoms with van der Waals surface area (Å²) in [7, 11) is 4.21. The van der Waals surface area contributed by atoms with Gasteiger partial charge in [-0.15, -0.1) is 0 Å². The van der Waals surface area contributed by atoms with E-state index < -0.39 is 0 Å². The third-order valence-electron chi connectivity index (χ3n) is 4.05. The molecule has 0 radical (unpaired) electrons. The minimum absolute atomic E-state index is 0.136. The average Bonchev–Trinajstić information content (AvgIpc) is 2.36. The Hall–Kier alpha value is -0.610. The Morgan fingerprint density at radius 3 is 2.35 bits per heavy atom. The van der Waals surface area contributed by atoms with Crippen LogP contribution in [0.5, 0.6) is 0 Å². The number of carbonyl (C=O) groups is 1. The van der Waals surface area contributed by atoms with Crippen molar-refractivity contribution < 1.29 is 4.79 Å². The quantitative estimate of drug-likeness (QED) is 0.796. The number of carbonyl (C=O) groups excluding carboxylic acids is 1. The summed E-state index contributed by atoms with van der Waals surface area (Å²) in [6, 6.07) is 0.287. The number of hydrogen-bond acceptors (Lipinski definition) is 3.